The summed E-state index contributed by atoms with van der Waals surface area (Å²) < 4.78 is 0. The Bertz CT molecular complexity index is 273. The molecule has 0 heterocycles. The summed E-state index contributed by atoms with van der Waals surface area (Å²) in [5.41, 5.74) is 0. The van der Waals surface area contributed by atoms with Gasteiger partial charge in [-0.15, -0.1) is 0 Å². The van der Waals surface area contributed by atoms with Crippen LogP contribution in [0.4, 0.5) is 0 Å². The standard InChI is InChI=1S/C19H32O/c1-2-3-4-5-6-7-8-9-10-11-12-13-14-15-16-17-18-19-20/h6-7,9-10,14-15,19H,2-5,8,11-13,16-18H2,1H3. The van der Waals surface area contributed by atoms with Crippen molar-refractivity contribution in [2.24, 2.45) is 0 Å². The summed E-state index contributed by atoms with van der Waals surface area (Å²) in [4.78, 5) is 10.1. The lowest BCUT2D eigenvalue weighted by Gasteiger charge is -1.92. The van der Waals surface area contributed by atoms with E-state index in [1.807, 2.05) is 0 Å². The average molecular weight is 276 g/mol. The van der Waals surface area contributed by atoms with Crippen molar-refractivity contribution in [2.45, 2.75) is 77.6 Å². The van der Waals surface area contributed by atoms with Crippen LogP contribution in [-0.2, 0) is 4.79 Å². The molecular weight excluding hydrogens is 244 g/mol. The molecule has 114 valence electrons. The van der Waals surface area contributed by atoms with Crippen molar-refractivity contribution < 1.29 is 4.79 Å². The van der Waals surface area contributed by atoms with Crippen LogP contribution in [0.5, 0.6) is 0 Å². The van der Waals surface area contributed by atoms with Crippen LogP contribution >= 0.6 is 0 Å². The van der Waals surface area contributed by atoms with Gasteiger partial charge in [-0.05, 0) is 51.4 Å². The first-order valence-corrected chi connectivity index (χ1v) is 8.30. The summed E-state index contributed by atoms with van der Waals surface area (Å²) in [7, 11) is 0. The van der Waals surface area contributed by atoms with E-state index in [1.165, 1.54) is 38.5 Å². The summed E-state index contributed by atoms with van der Waals surface area (Å²) in [6.45, 7) is 2.24. The van der Waals surface area contributed by atoms with E-state index in [4.69, 9.17) is 0 Å². The van der Waals surface area contributed by atoms with Crippen molar-refractivity contribution in [2.75, 3.05) is 0 Å². The molecule has 1 heteroatoms. The summed E-state index contributed by atoms with van der Waals surface area (Å²) in [5.74, 6) is 0. The van der Waals surface area contributed by atoms with E-state index >= 15 is 0 Å². The van der Waals surface area contributed by atoms with Crippen LogP contribution in [0, 0.1) is 0 Å². The summed E-state index contributed by atoms with van der Waals surface area (Å²) in [6.07, 6.45) is 27.1. The molecule has 0 aromatic rings. The van der Waals surface area contributed by atoms with Gasteiger partial charge in [0, 0.05) is 6.42 Å². The minimum absolute atomic E-state index is 0.693. The van der Waals surface area contributed by atoms with E-state index in [2.05, 4.69) is 43.4 Å². The number of hydrogen-bond donors (Lipinski definition) is 0. The Morgan fingerprint density at radius 2 is 1.10 bits per heavy atom. The van der Waals surface area contributed by atoms with E-state index in [1.54, 1.807) is 0 Å². The quantitative estimate of drug-likeness (QED) is 0.211. The maximum Gasteiger partial charge on any atom is 0.120 e. The summed E-state index contributed by atoms with van der Waals surface area (Å²) in [6, 6.07) is 0. The van der Waals surface area contributed by atoms with Crippen LogP contribution in [0.2, 0.25) is 0 Å². The molecule has 0 radical (unpaired) electrons. The number of hydrogen-bond acceptors (Lipinski definition) is 1. The van der Waals surface area contributed by atoms with Gasteiger partial charge in [0.15, 0.2) is 0 Å². The molecule has 0 amide bonds. The maximum absolute atomic E-state index is 10.1. The van der Waals surface area contributed by atoms with E-state index in [0.29, 0.717) is 6.42 Å². The Balaban J connectivity index is 3.25. The fraction of sp³-hybridized carbons (Fsp3) is 0.632. The fourth-order valence-electron chi connectivity index (χ4n) is 1.93. The molecule has 0 aliphatic carbocycles. The first kappa shape index (κ1) is 18.9. The largest absolute Gasteiger partial charge is 0.303 e. The van der Waals surface area contributed by atoms with Crippen LogP contribution in [0.15, 0.2) is 36.5 Å². The molecule has 0 atom stereocenters. The van der Waals surface area contributed by atoms with E-state index in [0.717, 1.165) is 32.0 Å². The van der Waals surface area contributed by atoms with Gasteiger partial charge in [0.2, 0.25) is 0 Å². The third-order valence-electron chi connectivity index (χ3n) is 3.18. The highest BCUT2D eigenvalue weighted by molar-refractivity contribution is 5.48. The number of carbonyl (C=O) groups is 1. The zero-order chi connectivity index (χ0) is 14.7. The molecule has 0 unspecified atom stereocenters. The lowest BCUT2D eigenvalue weighted by molar-refractivity contribution is -0.107. The van der Waals surface area contributed by atoms with E-state index in [-0.39, 0.29) is 0 Å². The molecule has 0 saturated carbocycles. The van der Waals surface area contributed by atoms with Crippen molar-refractivity contribution in [3.63, 3.8) is 0 Å². The number of unbranched alkanes of at least 4 members (excludes halogenated alkanes) is 7. The molecule has 1 nitrogen and oxygen atoms in total. The molecule has 0 N–H and O–H groups in total. The van der Waals surface area contributed by atoms with Crippen molar-refractivity contribution in [1.29, 1.82) is 0 Å². The van der Waals surface area contributed by atoms with Crippen LogP contribution in [-0.4, -0.2) is 6.29 Å². The summed E-state index contributed by atoms with van der Waals surface area (Å²) >= 11 is 0. The zero-order valence-electron chi connectivity index (χ0n) is 13.2. The van der Waals surface area contributed by atoms with Crippen LogP contribution in [0.25, 0.3) is 0 Å². The Hall–Kier alpha value is -1.11. The van der Waals surface area contributed by atoms with Gasteiger partial charge in [-0.3, -0.25) is 0 Å². The SMILES string of the molecule is CCCCCC=CCC=CCCCC=CCCCC=O. The van der Waals surface area contributed by atoms with Crippen LogP contribution < -0.4 is 0 Å². The van der Waals surface area contributed by atoms with Gasteiger partial charge in [0.05, 0.1) is 0 Å². The van der Waals surface area contributed by atoms with Crippen LogP contribution in [0.1, 0.15) is 77.6 Å². The number of rotatable bonds is 14. The van der Waals surface area contributed by atoms with Gasteiger partial charge in [-0.1, -0.05) is 56.2 Å². The average Bonchev–Trinajstić information content (AvgIpc) is 2.47. The highest BCUT2D eigenvalue weighted by Crippen LogP contribution is 2.03. The molecule has 0 bridgehead atoms. The first-order chi connectivity index (χ1) is 9.91. The normalized spacial score (nSPS) is 12.1. The molecule has 0 aliphatic rings. The second-order valence-electron chi connectivity index (χ2n) is 5.17. The number of carbonyl (C=O) groups excluding carboxylic acids is 1. The van der Waals surface area contributed by atoms with Gasteiger partial charge >= 0.3 is 0 Å². The smallest absolute Gasteiger partial charge is 0.120 e. The molecule has 0 rings (SSSR count). The predicted molar refractivity (Wildman–Crippen MR) is 89.9 cm³/mol. The molecule has 0 aliphatic heterocycles. The minimum Gasteiger partial charge on any atom is -0.303 e. The van der Waals surface area contributed by atoms with Gasteiger partial charge in [0.1, 0.15) is 6.29 Å². The van der Waals surface area contributed by atoms with Gasteiger partial charge < -0.3 is 4.79 Å². The van der Waals surface area contributed by atoms with Gasteiger partial charge in [0.25, 0.3) is 0 Å². The maximum atomic E-state index is 10.1. The van der Waals surface area contributed by atoms with Crippen molar-refractivity contribution >= 4 is 6.29 Å². The second kappa shape index (κ2) is 17.9. The van der Waals surface area contributed by atoms with Crippen molar-refractivity contribution in [1.82, 2.24) is 0 Å². The van der Waals surface area contributed by atoms with Crippen LogP contribution in [0.3, 0.4) is 0 Å². The van der Waals surface area contributed by atoms with Gasteiger partial charge in [-0.25, -0.2) is 0 Å². The van der Waals surface area contributed by atoms with Gasteiger partial charge in [-0.2, -0.15) is 0 Å². The van der Waals surface area contributed by atoms with E-state index < -0.39 is 0 Å². The number of aldehydes is 1. The predicted octanol–water partition coefficient (Wildman–Crippen LogP) is 6.16. The monoisotopic (exact) mass is 276 g/mol. The first-order valence-electron chi connectivity index (χ1n) is 8.30. The lowest BCUT2D eigenvalue weighted by Crippen LogP contribution is -1.74. The third-order valence-corrected chi connectivity index (χ3v) is 3.18. The third kappa shape index (κ3) is 16.9. The molecule has 0 aromatic carbocycles. The zero-order valence-corrected chi connectivity index (χ0v) is 13.2. The van der Waals surface area contributed by atoms with E-state index in [9.17, 15) is 4.79 Å². The second-order valence-corrected chi connectivity index (χ2v) is 5.17. The molecule has 0 spiro atoms. The topological polar surface area (TPSA) is 17.1 Å². The highest BCUT2D eigenvalue weighted by Gasteiger charge is 1.83. The number of allylic oxidation sites excluding steroid dienone is 6. The molecule has 20 heavy (non-hydrogen) atoms. The lowest BCUT2D eigenvalue weighted by atomic mass is 10.1. The van der Waals surface area contributed by atoms with Crippen molar-refractivity contribution in [3.05, 3.63) is 36.5 Å². The molecule has 0 saturated heterocycles. The molecule has 0 aromatic heterocycles. The minimum atomic E-state index is 0.693. The summed E-state index contributed by atoms with van der Waals surface area (Å²) in [5, 5.41) is 0. The highest BCUT2D eigenvalue weighted by atomic mass is 16.1. The Morgan fingerprint density at radius 3 is 1.65 bits per heavy atom. The Morgan fingerprint density at radius 1 is 0.600 bits per heavy atom. The Labute approximate surface area is 125 Å². The molecular formula is C19H32O. The molecule has 0 fully saturated rings. The Kier molecular flexibility index (Phi) is 16.9. The fourth-order valence-corrected chi connectivity index (χ4v) is 1.93. The van der Waals surface area contributed by atoms with Crippen molar-refractivity contribution in [3.8, 4) is 0 Å².